The van der Waals surface area contributed by atoms with Gasteiger partial charge in [0, 0.05) is 45.0 Å². The third kappa shape index (κ3) is 5.21. The van der Waals surface area contributed by atoms with Gasteiger partial charge >= 0.3 is 6.03 Å². The molecule has 0 unspecified atom stereocenters. The highest BCUT2D eigenvalue weighted by atomic mass is 35.5. The Morgan fingerprint density at radius 1 is 1.23 bits per heavy atom. The van der Waals surface area contributed by atoms with Gasteiger partial charge in [-0.05, 0) is 17.7 Å². The second-order valence-corrected chi connectivity index (χ2v) is 9.28. The Kier molecular flexibility index (Phi) is 5.94. The number of carbonyl (C=O) groups is 1. The molecule has 1 amide bonds. The summed E-state index contributed by atoms with van der Waals surface area (Å²) in [6.45, 7) is 3.10. The predicted octanol–water partition coefficient (Wildman–Crippen LogP) is 1.74. The third-order valence-corrected chi connectivity index (χ3v) is 5.65. The maximum Gasteiger partial charge on any atom is 0.344 e. The molecule has 0 spiro atoms. The monoisotopic (exact) mass is 465 g/mol. The molecule has 1 saturated heterocycles. The number of nitrogens with zero attached hydrogens (tertiary/aromatic N) is 6. The maximum atomic E-state index is 12.6. The lowest BCUT2D eigenvalue weighted by molar-refractivity contribution is 0.134. The Morgan fingerprint density at radius 2 is 2.00 bits per heavy atom. The van der Waals surface area contributed by atoms with Gasteiger partial charge in [-0.1, -0.05) is 17.7 Å². The number of piperazine rings is 1. The van der Waals surface area contributed by atoms with Crippen molar-refractivity contribution in [3.05, 3.63) is 47.4 Å². The van der Waals surface area contributed by atoms with Crippen LogP contribution in [0.15, 0.2) is 41.3 Å². The summed E-state index contributed by atoms with van der Waals surface area (Å²) in [5.74, 6) is 0.473. The highest BCUT2D eigenvalue weighted by Crippen LogP contribution is 2.27. The molecule has 4 rings (SSSR count). The number of anilines is 1. The molecule has 1 aliphatic rings. The zero-order valence-electron chi connectivity index (χ0n) is 16.6. The molecule has 11 nitrogen and oxygen atoms in total. The van der Waals surface area contributed by atoms with E-state index in [1.807, 2.05) is 12.1 Å². The minimum Gasteiger partial charge on any atom is -0.423 e. The summed E-state index contributed by atoms with van der Waals surface area (Å²) in [6.07, 6.45) is 3.72. The number of halogens is 1. The number of hydrogen-bond acceptors (Lipinski definition) is 8. The summed E-state index contributed by atoms with van der Waals surface area (Å²) >= 11 is 6.25. The topological polar surface area (TPSA) is 126 Å². The summed E-state index contributed by atoms with van der Waals surface area (Å²) in [4.78, 5) is 16.6. The Bertz CT molecular complexity index is 1170. The maximum absolute atomic E-state index is 12.6. The highest BCUT2D eigenvalue weighted by Gasteiger charge is 2.23. The largest absolute Gasteiger partial charge is 0.423 e. The van der Waals surface area contributed by atoms with E-state index in [1.165, 1.54) is 18.7 Å². The van der Waals surface area contributed by atoms with E-state index in [-0.39, 0.29) is 11.8 Å². The van der Waals surface area contributed by atoms with Crippen LogP contribution < -0.4 is 4.72 Å². The molecule has 1 N–H and O–H groups in total. The molecule has 0 radical (unpaired) electrons. The van der Waals surface area contributed by atoms with Crippen LogP contribution in [0.2, 0.25) is 5.02 Å². The number of amides is 1. The van der Waals surface area contributed by atoms with Crippen LogP contribution in [0.5, 0.6) is 0 Å². The Hall–Kier alpha value is -2.96. The summed E-state index contributed by atoms with van der Waals surface area (Å²) in [6, 6.07) is 6.81. The zero-order chi connectivity index (χ0) is 22.0. The fraction of sp³-hybridized carbons (Fsp3) is 0.333. The van der Waals surface area contributed by atoms with Crippen LogP contribution >= 0.6 is 11.6 Å². The van der Waals surface area contributed by atoms with Gasteiger partial charge in [0.25, 0.3) is 0 Å². The lowest BCUT2D eigenvalue weighted by Gasteiger charge is -2.34. The van der Waals surface area contributed by atoms with Crippen LogP contribution in [-0.4, -0.2) is 76.7 Å². The molecule has 1 fully saturated rings. The fourth-order valence-electron chi connectivity index (χ4n) is 3.30. The van der Waals surface area contributed by atoms with Gasteiger partial charge in [-0.15, -0.1) is 15.3 Å². The number of rotatable bonds is 5. The second kappa shape index (κ2) is 8.65. The molecule has 164 valence electrons. The van der Waals surface area contributed by atoms with Gasteiger partial charge in [0.15, 0.2) is 5.82 Å². The van der Waals surface area contributed by atoms with Gasteiger partial charge < -0.3 is 9.32 Å². The molecular weight excluding hydrogens is 446 g/mol. The van der Waals surface area contributed by atoms with E-state index in [0.29, 0.717) is 49.2 Å². The van der Waals surface area contributed by atoms with Crippen molar-refractivity contribution >= 4 is 33.5 Å². The number of benzene rings is 1. The van der Waals surface area contributed by atoms with E-state index in [4.69, 9.17) is 16.0 Å². The minimum absolute atomic E-state index is 0.106. The molecule has 2 aromatic heterocycles. The Balaban J connectivity index is 1.35. The molecule has 1 aromatic carbocycles. The van der Waals surface area contributed by atoms with E-state index < -0.39 is 10.0 Å². The van der Waals surface area contributed by atoms with Crippen LogP contribution in [0, 0.1) is 0 Å². The molecule has 0 atom stereocenters. The predicted molar refractivity (Wildman–Crippen MR) is 113 cm³/mol. The summed E-state index contributed by atoms with van der Waals surface area (Å²) in [7, 11) is -3.45. The van der Waals surface area contributed by atoms with E-state index >= 15 is 0 Å². The molecule has 3 aromatic rings. The van der Waals surface area contributed by atoms with Crippen molar-refractivity contribution in [2.45, 2.75) is 6.54 Å². The van der Waals surface area contributed by atoms with Gasteiger partial charge in [-0.3, -0.25) is 9.62 Å². The van der Waals surface area contributed by atoms with E-state index in [1.54, 1.807) is 11.0 Å². The quantitative estimate of drug-likeness (QED) is 0.603. The zero-order valence-corrected chi connectivity index (χ0v) is 18.2. The number of carbonyl (C=O) groups excluding carboxylic acids is 1. The third-order valence-electron chi connectivity index (χ3n) is 4.75. The van der Waals surface area contributed by atoms with E-state index in [0.717, 1.165) is 16.5 Å². The molecule has 0 saturated carbocycles. The van der Waals surface area contributed by atoms with Crippen LogP contribution in [0.3, 0.4) is 0 Å². The fourth-order valence-corrected chi connectivity index (χ4v) is 3.99. The smallest absolute Gasteiger partial charge is 0.344 e. The van der Waals surface area contributed by atoms with Crippen molar-refractivity contribution in [1.82, 2.24) is 29.8 Å². The first-order chi connectivity index (χ1) is 14.8. The van der Waals surface area contributed by atoms with Crippen molar-refractivity contribution in [3.8, 4) is 11.5 Å². The number of aromatic nitrogens is 4. The van der Waals surface area contributed by atoms with Crippen LogP contribution in [0.4, 0.5) is 10.6 Å². The molecule has 0 bridgehead atoms. The average Bonchev–Trinajstić information content (AvgIpc) is 3.40. The molecule has 0 aliphatic carbocycles. The summed E-state index contributed by atoms with van der Waals surface area (Å²) in [5.41, 5.74) is 1.73. The highest BCUT2D eigenvalue weighted by molar-refractivity contribution is 7.92. The first-order valence-electron chi connectivity index (χ1n) is 9.38. The van der Waals surface area contributed by atoms with E-state index in [2.05, 4.69) is 24.9 Å². The van der Waals surface area contributed by atoms with Gasteiger partial charge in [0.1, 0.15) is 0 Å². The number of sulfonamides is 1. The Labute approximate surface area is 183 Å². The van der Waals surface area contributed by atoms with Crippen molar-refractivity contribution in [2.24, 2.45) is 0 Å². The average molecular weight is 466 g/mol. The van der Waals surface area contributed by atoms with E-state index in [9.17, 15) is 13.2 Å². The molecule has 13 heteroatoms. The standard InChI is InChI=1S/C18H20ClN7O4S/c1-31(28,29)23-16-4-5-26(22-16)18(27)25-8-6-24(7-9-25)11-13-2-3-15(19)14(10-13)17-21-20-12-30-17/h2-5,10,12H,6-9,11H2,1H3,(H,22,23). The van der Waals surface area contributed by atoms with Crippen molar-refractivity contribution in [3.63, 3.8) is 0 Å². The SMILES string of the molecule is CS(=O)(=O)Nc1ccn(C(=O)N2CCN(Cc3ccc(Cl)c(-c4nnco4)c3)CC2)n1. The van der Waals surface area contributed by atoms with Crippen LogP contribution in [0.1, 0.15) is 5.56 Å². The number of hydrogen-bond donors (Lipinski definition) is 1. The first kappa shape index (κ1) is 21.3. The first-order valence-corrected chi connectivity index (χ1v) is 11.7. The van der Waals surface area contributed by atoms with Crippen molar-refractivity contribution in [2.75, 3.05) is 37.2 Å². The van der Waals surface area contributed by atoms with Gasteiger partial charge in [-0.25, -0.2) is 13.2 Å². The minimum atomic E-state index is -3.45. The van der Waals surface area contributed by atoms with Gasteiger partial charge in [0.05, 0.1) is 16.8 Å². The summed E-state index contributed by atoms with van der Waals surface area (Å²) < 4.78 is 31.2. The van der Waals surface area contributed by atoms with Gasteiger partial charge in [0.2, 0.25) is 22.3 Å². The summed E-state index contributed by atoms with van der Waals surface area (Å²) in [5, 5.41) is 12.1. The molecule has 1 aliphatic heterocycles. The van der Waals surface area contributed by atoms with Crippen LogP contribution in [-0.2, 0) is 16.6 Å². The lowest BCUT2D eigenvalue weighted by atomic mass is 10.1. The molecule has 3 heterocycles. The Morgan fingerprint density at radius 3 is 2.68 bits per heavy atom. The van der Waals surface area contributed by atoms with Gasteiger partial charge in [-0.2, -0.15) is 4.68 Å². The lowest BCUT2D eigenvalue weighted by Crippen LogP contribution is -2.49. The molecular formula is C18H20ClN7O4S. The second-order valence-electron chi connectivity index (χ2n) is 7.12. The normalized spacial score (nSPS) is 15.2. The van der Waals surface area contributed by atoms with Crippen LogP contribution in [0.25, 0.3) is 11.5 Å². The molecule has 31 heavy (non-hydrogen) atoms. The number of nitrogens with one attached hydrogen (secondary N) is 1. The van der Waals surface area contributed by atoms with Crippen molar-refractivity contribution in [1.29, 1.82) is 0 Å². The van der Waals surface area contributed by atoms with Crippen molar-refractivity contribution < 1.29 is 17.6 Å².